The molecule has 5 nitrogen and oxygen atoms in total. The first-order valence-electron chi connectivity index (χ1n) is 6.43. The SMILES string of the molecule is COC(=O)c1ccc(CS(=O)(=O)c2cc(Cl)c(F)cc2F)cc1O. The van der Waals surface area contributed by atoms with Crippen molar-refractivity contribution in [2.75, 3.05) is 7.11 Å². The summed E-state index contributed by atoms with van der Waals surface area (Å²) in [5, 5.41) is 9.23. The number of methoxy groups -OCH3 is 1. The topological polar surface area (TPSA) is 80.7 Å². The molecule has 0 spiro atoms. The van der Waals surface area contributed by atoms with Crippen molar-refractivity contribution < 1.29 is 31.8 Å². The highest BCUT2D eigenvalue weighted by Gasteiger charge is 2.23. The number of benzene rings is 2. The van der Waals surface area contributed by atoms with E-state index in [4.69, 9.17) is 11.6 Å². The standard InChI is InChI=1S/C15H11ClF2O5S/c1-23-15(20)9-3-2-8(4-13(9)19)7-24(21,22)14-5-10(16)11(17)6-12(14)18/h2-6,19H,7H2,1H3. The first-order chi connectivity index (χ1) is 11.2. The Morgan fingerprint density at radius 1 is 1.21 bits per heavy atom. The number of hydrogen-bond acceptors (Lipinski definition) is 5. The first-order valence-corrected chi connectivity index (χ1v) is 8.46. The third-order valence-electron chi connectivity index (χ3n) is 3.13. The molecular formula is C15H11ClF2O5S. The molecule has 0 saturated heterocycles. The van der Waals surface area contributed by atoms with Crippen LogP contribution in [0, 0.1) is 11.6 Å². The average Bonchev–Trinajstić information content (AvgIpc) is 2.49. The van der Waals surface area contributed by atoms with Crippen molar-refractivity contribution in [3.05, 3.63) is 58.1 Å². The van der Waals surface area contributed by atoms with Gasteiger partial charge in [0.2, 0.25) is 0 Å². The molecule has 2 aromatic carbocycles. The van der Waals surface area contributed by atoms with Gasteiger partial charge in [-0.1, -0.05) is 17.7 Å². The zero-order valence-electron chi connectivity index (χ0n) is 12.2. The van der Waals surface area contributed by atoms with E-state index < -0.39 is 48.9 Å². The number of halogens is 3. The lowest BCUT2D eigenvalue weighted by Gasteiger charge is -2.09. The lowest BCUT2D eigenvalue weighted by atomic mass is 10.1. The van der Waals surface area contributed by atoms with Crippen LogP contribution in [0.1, 0.15) is 15.9 Å². The minimum Gasteiger partial charge on any atom is -0.507 e. The quantitative estimate of drug-likeness (QED) is 0.504. The van der Waals surface area contributed by atoms with Crippen LogP contribution in [0.3, 0.4) is 0 Å². The summed E-state index contributed by atoms with van der Waals surface area (Å²) in [6.45, 7) is 0. The number of sulfone groups is 1. The maximum Gasteiger partial charge on any atom is 0.341 e. The van der Waals surface area contributed by atoms with Gasteiger partial charge in [0.15, 0.2) is 9.84 Å². The third kappa shape index (κ3) is 3.65. The van der Waals surface area contributed by atoms with Crippen molar-refractivity contribution in [3.63, 3.8) is 0 Å². The van der Waals surface area contributed by atoms with E-state index in [2.05, 4.69) is 4.74 Å². The fourth-order valence-corrected chi connectivity index (χ4v) is 3.65. The van der Waals surface area contributed by atoms with Crippen molar-refractivity contribution in [1.82, 2.24) is 0 Å². The highest BCUT2D eigenvalue weighted by Crippen LogP contribution is 2.27. The van der Waals surface area contributed by atoms with Gasteiger partial charge in [-0.2, -0.15) is 0 Å². The summed E-state index contributed by atoms with van der Waals surface area (Å²) < 4.78 is 55.9. The van der Waals surface area contributed by atoms with E-state index >= 15 is 0 Å². The third-order valence-corrected chi connectivity index (χ3v) is 5.12. The maximum absolute atomic E-state index is 13.7. The molecule has 0 aliphatic carbocycles. The van der Waals surface area contributed by atoms with Crippen LogP contribution in [0.2, 0.25) is 5.02 Å². The van der Waals surface area contributed by atoms with Gasteiger partial charge in [-0.25, -0.2) is 22.0 Å². The predicted octanol–water partition coefficient (Wildman–Crippen LogP) is 3.08. The maximum atomic E-state index is 13.7. The van der Waals surface area contributed by atoms with Crippen LogP contribution in [-0.2, 0) is 20.3 Å². The minimum absolute atomic E-state index is 0.0972. The van der Waals surface area contributed by atoms with E-state index in [1.54, 1.807) is 0 Å². The monoisotopic (exact) mass is 376 g/mol. The normalized spacial score (nSPS) is 11.3. The fraction of sp³-hybridized carbons (Fsp3) is 0.133. The zero-order valence-corrected chi connectivity index (χ0v) is 13.8. The predicted molar refractivity (Wildman–Crippen MR) is 81.7 cm³/mol. The van der Waals surface area contributed by atoms with E-state index in [1.807, 2.05) is 0 Å². The molecule has 2 rings (SSSR count). The summed E-state index contributed by atoms with van der Waals surface area (Å²) in [4.78, 5) is 10.6. The van der Waals surface area contributed by atoms with Gasteiger partial charge in [-0.15, -0.1) is 0 Å². The molecule has 2 aromatic rings. The Balaban J connectivity index is 2.38. The van der Waals surface area contributed by atoms with E-state index in [1.165, 1.54) is 12.1 Å². The Morgan fingerprint density at radius 3 is 2.46 bits per heavy atom. The smallest absolute Gasteiger partial charge is 0.341 e. The van der Waals surface area contributed by atoms with Crippen molar-refractivity contribution in [2.45, 2.75) is 10.6 Å². The molecule has 0 heterocycles. The van der Waals surface area contributed by atoms with Gasteiger partial charge in [-0.3, -0.25) is 0 Å². The number of carbonyl (C=O) groups excluding carboxylic acids is 1. The number of ether oxygens (including phenoxy) is 1. The molecule has 0 unspecified atom stereocenters. The van der Waals surface area contributed by atoms with Gasteiger partial charge in [0.25, 0.3) is 0 Å². The number of phenolic OH excluding ortho intramolecular Hbond substituents is 1. The van der Waals surface area contributed by atoms with Crippen molar-refractivity contribution in [1.29, 1.82) is 0 Å². The number of carbonyl (C=O) groups is 1. The Kier molecular flexibility index (Phi) is 5.10. The lowest BCUT2D eigenvalue weighted by Crippen LogP contribution is -2.09. The number of rotatable bonds is 4. The molecule has 1 N–H and O–H groups in total. The summed E-state index contributed by atoms with van der Waals surface area (Å²) in [7, 11) is -3.07. The lowest BCUT2D eigenvalue weighted by molar-refractivity contribution is 0.0597. The van der Waals surface area contributed by atoms with E-state index in [0.29, 0.717) is 12.1 Å². The summed E-state index contributed by atoms with van der Waals surface area (Å²) in [6.07, 6.45) is 0. The van der Waals surface area contributed by atoms with Gasteiger partial charge < -0.3 is 9.84 Å². The van der Waals surface area contributed by atoms with Crippen LogP contribution in [0.5, 0.6) is 5.75 Å². The van der Waals surface area contributed by atoms with Crippen LogP contribution < -0.4 is 0 Å². The van der Waals surface area contributed by atoms with Crippen LogP contribution in [-0.4, -0.2) is 26.6 Å². The molecule has 0 saturated carbocycles. The Bertz CT molecular complexity index is 912. The van der Waals surface area contributed by atoms with Crippen LogP contribution in [0.25, 0.3) is 0 Å². The molecule has 0 amide bonds. The highest BCUT2D eigenvalue weighted by molar-refractivity contribution is 7.90. The van der Waals surface area contributed by atoms with Crippen LogP contribution in [0.15, 0.2) is 35.2 Å². The van der Waals surface area contributed by atoms with Crippen molar-refractivity contribution in [2.24, 2.45) is 0 Å². The van der Waals surface area contributed by atoms with Crippen molar-refractivity contribution in [3.8, 4) is 5.75 Å². The molecule has 24 heavy (non-hydrogen) atoms. The molecule has 0 bridgehead atoms. The first kappa shape index (κ1) is 18.2. The molecule has 9 heteroatoms. The van der Waals surface area contributed by atoms with Crippen LogP contribution in [0.4, 0.5) is 8.78 Å². The summed E-state index contributed by atoms with van der Waals surface area (Å²) in [6, 6.07) is 4.57. The Labute approximate surface area is 141 Å². The van der Waals surface area contributed by atoms with Gasteiger partial charge in [0, 0.05) is 6.07 Å². The molecule has 0 fully saturated rings. The number of phenols is 1. The zero-order chi connectivity index (χ0) is 18.1. The van der Waals surface area contributed by atoms with Gasteiger partial charge in [0.1, 0.15) is 27.8 Å². The van der Waals surface area contributed by atoms with E-state index in [0.717, 1.165) is 13.2 Å². The number of esters is 1. The molecule has 0 radical (unpaired) electrons. The molecule has 0 aliphatic rings. The van der Waals surface area contributed by atoms with Gasteiger partial charge >= 0.3 is 5.97 Å². The second kappa shape index (κ2) is 6.74. The molecule has 128 valence electrons. The highest BCUT2D eigenvalue weighted by atomic mass is 35.5. The average molecular weight is 377 g/mol. The molecule has 0 aromatic heterocycles. The van der Waals surface area contributed by atoms with Crippen molar-refractivity contribution >= 4 is 27.4 Å². The summed E-state index contributed by atoms with van der Waals surface area (Å²) in [5.41, 5.74) is -0.0466. The minimum atomic E-state index is -4.19. The van der Waals surface area contributed by atoms with Gasteiger partial charge in [-0.05, 0) is 23.8 Å². The molecule has 0 aliphatic heterocycles. The second-order valence-electron chi connectivity index (χ2n) is 4.80. The second-order valence-corrected chi connectivity index (χ2v) is 7.16. The fourth-order valence-electron chi connectivity index (χ4n) is 1.99. The largest absolute Gasteiger partial charge is 0.507 e. The van der Waals surface area contributed by atoms with Crippen LogP contribution >= 0.6 is 11.6 Å². The number of hydrogen-bond donors (Lipinski definition) is 1. The Hall–Kier alpha value is -2.19. The van der Waals surface area contributed by atoms with Gasteiger partial charge in [0.05, 0.1) is 17.9 Å². The number of aromatic hydroxyl groups is 1. The molecular weight excluding hydrogens is 366 g/mol. The Morgan fingerprint density at radius 2 is 1.88 bits per heavy atom. The molecule has 0 atom stereocenters. The van der Waals surface area contributed by atoms with E-state index in [-0.39, 0.29) is 11.1 Å². The van der Waals surface area contributed by atoms with E-state index in [9.17, 15) is 27.1 Å². The summed E-state index contributed by atoms with van der Waals surface area (Å²) >= 11 is 5.49. The summed E-state index contributed by atoms with van der Waals surface area (Å²) in [5.74, 6) is -4.30.